The standard InChI is InChI=1S/C19H25N7O/c1-13-4-5-15-16(8-13)24-18(23-15)10-21-19(20-2)26-6-7-27-17(12-26)14-9-22-25(3)11-14/h4-5,8-9,11,17H,6-7,10,12H2,1-3H3,(H,20,21)(H,23,24). The van der Waals surface area contributed by atoms with Crippen LogP contribution in [-0.2, 0) is 18.3 Å². The first-order valence-corrected chi connectivity index (χ1v) is 9.13. The Kier molecular flexibility index (Phi) is 4.81. The van der Waals surface area contributed by atoms with Crippen LogP contribution in [0.4, 0.5) is 0 Å². The number of nitrogens with zero attached hydrogens (tertiary/aromatic N) is 5. The SMILES string of the molecule is CN=C(NCc1nc2ccc(C)cc2[nH]1)N1CCOC(c2cnn(C)c2)C1. The van der Waals surface area contributed by atoms with E-state index < -0.39 is 0 Å². The van der Waals surface area contributed by atoms with Crippen molar-refractivity contribution in [3.05, 3.63) is 47.5 Å². The second-order valence-electron chi connectivity index (χ2n) is 6.86. The third kappa shape index (κ3) is 3.80. The van der Waals surface area contributed by atoms with Crippen molar-refractivity contribution in [1.82, 2.24) is 30.0 Å². The molecule has 0 saturated carbocycles. The van der Waals surface area contributed by atoms with Crippen LogP contribution in [0.25, 0.3) is 11.0 Å². The topological polar surface area (TPSA) is 83.4 Å². The van der Waals surface area contributed by atoms with Crippen LogP contribution >= 0.6 is 0 Å². The number of aryl methyl sites for hydroxylation is 2. The van der Waals surface area contributed by atoms with E-state index in [4.69, 9.17) is 4.74 Å². The number of hydrogen-bond donors (Lipinski definition) is 2. The fraction of sp³-hybridized carbons (Fsp3) is 0.421. The van der Waals surface area contributed by atoms with E-state index in [0.717, 1.165) is 41.5 Å². The number of aromatic nitrogens is 4. The predicted octanol–water partition coefficient (Wildman–Crippen LogP) is 1.75. The number of benzene rings is 1. The number of aliphatic imine (C=N–C) groups is 1. The molecule has 3 heterocycles. The Balaban J connectivity index is 1.42. The molecule has 1 atom stereocenters. The molecular weight excluding hydrogens is 342 g/mol. The highest BCUT2D eigenvalue weighted by atomic mass is 16.5. The van der Waals surface area contributed by atoms with Gasteiger partial charge in [-0.1, -0.05) is 6.07 Å². The van der Waals surface area contributed by atoms with Crippen molar-refractivity contribution in [2.45, 2.75) is 19.6 Å². The summed E-state index contributed by atoms with van der Waals surface area (Å²) in [5.74, 6) is 1.75. The number of nitrogens with one attached hydrogen (secondary N) is 2. The summed E-state index contributed by atoms with van der Waals surface area (Å²) in [6.45, 7) is 4.87. The Morgan fingerprint density at radius 2 is 2.33 bits per heavy atom. The smallest absolute Gasteiger partial charge is 0.194 e. The van der Waals surface area contributed by atoms with Crippen molar-refractivity contribution >= 4 is 17.0 Å². The van der Waals surface area contributed by atoms with Gasteiger partial charge in [0.1, 0.15) is 11.9 Å². The summed E-state index contributed by atoms with van der Waals surface area (Å²) in [5, 5.41) is 7.66. The third-order valence-electron chi connectivity index (χ3n) is 4.77. The fourth-order valence-corrected chi connectivity index (χ4v) is 3.40. The maximum absolute atomic E-state index is 5.92. The molecule has 1 aliphatic heterocycles. The zero-order valence-corrected chi connectivity index (χ0v) is 15.9. The molecule has 8 heteroatoms. The van der Waals surface area contributed by atoms with Crippen LogP contribution in [0.3, 0.4) is 0 Å². The molecule has 2 aromatic heterocycles. The van der Waals surface area contributed by atoms with Gasteiger partial charge in [0.25, 0.3) is 0 Å². The molecule has 8 nitrogen and oxygen atoms in total. The van der Waals surface area contributed by atoms with Crippen molar-refractivity contribution in [2.24, 2.45) is 12.0 Å². The molecule has 1 saturated heterocycles. The molecule has 0 spiro atoms. The number of H-pyrrole nitrogens is 1. The molecule has 1 fully saturated rings. The van der Waals surface area contributed by atoms with Gasteiger partial charge < -0.3 is 19.9 Å². The largest absolute Gasteiger partial charge is 0.370 e. The molecular formula is C19H25N7O. The Labute approximate surface area is 158 Å². The highest BCUT2D eigenvalue weighted by Gasteiger charge is 2.25. The summed E-state index contributed by atoms with van der Waals surface area (Å²) in [4.78, 5) is 14.7. The maximum atomic E-state index is 5.92. The lowest BCUT2D eigenvalue weighted by Crippen LogP contribution is -2.48. The molecule has 1 unspecified atom stereocenters. The second kappa shape index (κ2) is 7.40. The van der Waals surface area contributed by atoms with Gasteiger partial charge in [-0.05, 0) is 24.6 Å². The zero-order valence-electron chi connectivity index (χ0n) is 15.9. The van der Waals surface area contributed by atoms with Gasteiger partial charge in [0, 0.05) is 32.4 Å². The van der Waals surface area contributed by atoms with E-state index in [1.165, 1.54) is 5.56 Å². The molecule has 1 aliphatic rings. The van der Waals surface area contributed by atoms with Crippen LogP contribution in [0, 0.1) is 6.92 Å². The summed E-state index contributed by atoms with van der Waals surface area (Å²) >= 11 is 0. The van der Waals surface area contributed by atoms with E-state index in [2.05, 4.69) is 49.3 Å². The molecule has 0 radical (unpaired) electrons. The molecule has 2 N–H and O–H groups in total. The van der Waals surface area contributed by atoms with Crippen LogP contribution in [0.1, 0.15) is 23.1 Å². The fourth-order valence-electron chi connectivity index (χ4n) is 3.40. The van der Waals surface area contributed by atoms with Crippen molar-refractivity contribution in [1.29, 1.82) is 0 Å². The predicted molar refractivity (Wildman–Crippen MR) is 105 cm³/mol. The molecule has 27 heavy (non-hydrogen) atoms. The molecule has 4 rings (SSSR count). The van der Waals surface area contributed by atoms with Crippen molar-refractivity contribution < 1.29 is 4.74 Å². The first kappa shape index (κ1) is 17.5. The number of hydrogen-bond acceptors (Lipinski definition) is 4. The summed E-state index contributed by atoms with van der Waals surface area (Å²) in [6.07, 6.45) is 3.86. The summed E-state index contributed by atoms with van der Waals surface area (Å²) in [7, 11) is 3.72. The summed E-state index contributed by atoms with van der Waals surface area (Å²) in [6, 6.07) is 6.23. The van der Waals surface area contributed by atoms with E-state index in [-0.39, 0.29) is 6.10 Å². The quantitative estimate of drug-likeness (QED) is 0.544. The number of rotatable bonds is 3. The minimum absolute atomic E-state index is 0.000163. The average molecular weight is 367 g/mol. The molecule has 1 aromatic carbocycles. The van der Waals surface area contributed by atoms with E-state index in [9.17, 15) is 0 Å². The second-order valence-corrected chi connectivity index (χ2v) is 6.86. The lowest BCUT2D eigenvalue weighted by atomic mass is 10.1. The molecule has 0 aliphatic carbocycles. The Morgan fingerprint density at radius 1 is 1.44 bits per heavy atom. The summed E-state index contributed by atoms with van der Waals surface area (Å²) < 4.78 is 7.72. The van der Waals surface area contributed by atoms with Gasteiger partial charge in [0.2, 0.25) is 0 Å². The monoisotopic (exact) mass is 367 g/mol. The number of imidazole rings is 1. The van der Waals surface area contributed by atoms with E-state index in [1.807, 2.05) is 25.5 Å². The Morgan fingerprint density at radius 3 is 3.11 bits per heavy atom. The average Bonchev–Trinajstić information content (AvgIpc) is 3.28. The third-order valence-corrected chi connectivity index (χ3v) is 4.77. The number of aromatic amines is 1. The van der Waals surface area contributed by atoms with Crippen LogP contribution in [0.5, 0.6) is 0 Å². The van der Waals surface area contributed by atoms with Gasteiger partial charge in [-0.15, -0.1) is 0 Å². The van der Waals surface area contributed by atoms with Gasteiger partial charge in [-0.2, -0.15) is 5.10 Å². The molecule has 142 valence electrons. The van der Waals surface area contributed by atoms with Crippen LogP contribution in [-0.4, -0.2) is 57.4 Å². The van der Waals surface area contributed by atoms with Gasteiger partial charge in [-0.25, -0.2) is 4.98 Å². The minimum atomic E-state index is 0.000163. The normalized spacial score (nSPS) is 18.3. The van der Waals surface area contributed by atoms with Crippen molar-refractivity contribution in [3.63, 3.8) is 0 Å². The highest BCUT2D eigenvalue weighted by Crippen LogP contribution is 2.21. The molecule has 0 bridgehead atoms. The lowest BCUT2D eigenvalue weighted by Gasteiger charge is -2.34. The van der Waals surface area contributed by atoms with Crippen LogP contribution < -0.4 is 5.32 Å². The number of fused-ring (bicyclic) bond motifs is 1. The number of guanidine groups is 1. The van der Waals surface area contributed by atoms with Gasteiger partial charge in [0.05, 0.1) is 36.9 Å². The maximum Gasteiger partial charge on any atom is 0.194 e. The number of ether oxygens (including phenoxy) is 1. The van der Waals surface area contributed by atoms with Gasteiger partial charge >= 0.3 is 0 Å². The van der Waals surface area contributed by atoms with E-state index in [1.54, 1.807) is 11.7 Å². The van der Waals surface area contributed by atoms with Crippen molar-refractivity contribution in [2.75, 3.05) is 26.7 Å². The zero-order chi connectivity index (χ0) is 18.8. The van der Waals surface area contributed by atoms with Crippen LogP contribution in [0.2, 0.25) is 0 Å². The van der Waals surface area contributed by atoms with Crippen molar-refractivity contribution in [3.8, 4) is 0 Å². The summed E-state index contributed by atoms with van der Waals surface area (Å²) in [5.41, 5.74) is 4.35. The molecule has 0 amide bonds. The Hall–Kier alpha value is -2.87. The molecule has 3 aromatic rings. The first-order valence-electron chi connectivity index (χ1n) is 9.13. The highest BCUT2D eigenvalue weighted by molar-refractivity contribution is 5.80. The van der Waals surface area contributed by atoms with E-state index >= 15 is 0 Å². The van der Waals surface area contributed by atoms with Crippen LogP contribution in [0.15, 0.2) is 35.6 Å². The minimum Gasteiger partial charge on any atom is -0.370 e. The number of morpholine rings is 1. The lowest BCUT2D eigenvalue weighted by molar-refractivity contribution is -0.00806. The van der Waals surface area contributed by atoms with Gasteiger partial charge in [-0.3, -0.25) is 9.67 Å². The Bertz CT molecular complexity index is 958. The van der Waals surface area contributed by atoms with E-state index in [0.29, 0.717) is 13.2 Å². The first-order chi connectivity index (χ1) is 13.1. The van der Waals surface area contributed by atoms with Gasteiger partial charge in [0.15, 0.2) is 5.96 Å².